The van der Waals surface area contributed by atoms with Crippen LogP contribution < -0.4 is 16.6 Å². The Balaban J connectivity index is 2.58. The minimum Gasteiger partial charge on any atom is -0.353 e. The second kappa shape index (κ2) is 5.35. The third-order valence-corrected chi connectivity index (χ3v) is 1.88. The van der Waals surface area contributed by atoms with Gasteiger partial charge in [-0.1, -0.05) is 0 Å². The van der Waals surface area contributed by atoms with Crippen LogP contribution in [0.5, 0.6) is 0 Å². The van der Waals surface area contributed by atoms with Crippen molar-refractivity contribution < 1.29 is 0 Å². The van der Waals surface area contributed by atoms with E-state index in [2.05, 4.69) is 20.8 Å². The van der Waals surface area contributed by atoms with Crippen molar-refractivity contribution in [1.82, 2.24) is 20.5 Å². The molecule has 1 aromatic heterocycles. The van der Waals surface area contributed by atoms with Gasteiger partial charge in [-0.2, -0.15) is 5.10 Å². The minimum atomic E-state index is 0.298. The third-order valence-electron chi connectivity index (χ3n) is 1.88. The van der Waals surface area contributed by atoms with Crippen LogP contribution in [0, 0.1) is 0 Å². The molecule has 0 saturated heterocycles. The first-order chi connectivity index (χ1) is 7.13. The Labute approximate surface area is 89.5 Å². The molecule has 0 saturated carbocycles. The van der Waals surface area contributed by atoms with Crippen molar-refractivity contribution in [2.75, 3.05) is 0 Å². The largest absolute Gasteiger partial charge is 0.353 e. The molecule has 6 nitrogen and oxygen atoms in total. The molecule has 0 bridgehead atoms. The topological polar surface area (TPSA) is 80.3 Å². The minimum absolute atomic E-state index is 0.298. The van der Waals surface area contributed by atoms with E-state index in [1.165, 1.54) is 0 Å². The maximum absolute atomic E-state index is 5.33. The van der Waals surface area contributed by atoms with Crippen LogP contribution in [0.3, 0.4) is 0 Å². The van der Waals surface area contributed by atoms with E-state index >= 15 is 0 Å². The van der Waals surface area contributed by atoms with Crippen molar-refractivity contribution in [1.29, 1.82) is 0 Å². The average Bonchev–Trinajstić information content (AvgIpc) is 2.58. The van der Waals surface area contributed by atoms with Crippen molar-refractivity contribution in [2.24, 2.45) is 17.9 Å². The number of aliphatic imine (C=N–C) groups is 1. The number of hydrogen-bond acceptors (Lipinski definition) is 3. The summed E-state index contributed by atoms with van der Waals surface area (Å²) in [5, 5.41) is 7.15. The maximum atomic E-state index is 5.33. The summed E-state index contributed by atoms with van der Waals surface area (Å²) < 4.78 is 1.78. The van der Waals surface area contributed by atoms with Crippen molar-refractivity contribution in [2.45, 2.75) is 26.4 Å². The van der Waals surface area contributed by atoms with E-state index in [1.807, 2.05) is 27.0 Å². The Morgan fingerprint density at radius 2 is 2.40 bits per heavy atom. The summed E-state index contributed by atoms with van der Waals surface area (Å²) in [6, 6.07) is 2.22. The fraction of sp³-hybridized carbons (Fsp3) is 0.556. The van der Waals surface area contributed by atoms with Gasteiger partial charge in [-0.3, -0.25) is 10.1 Å². The van der Waals surface area contributed by atoms with Crippen molar-refractivity contribution in [3.63, 3.8) is 0 Å². The molecular formula is C9H18N6. The van der Waals surface area contributed by atoms with Gasteiger partial charge in [0.25, 0.3) is 0 Å². The van der Waals surface area contributed by atoms with Crippen LogP contribution in [0.15, 0.2) is 17.3 Å². The van der Waals surface area contributed by atoms with Crippen LogP contribution >= 0.6 is 0 Å². The molecule has 1 heterocycles. The molecule has 15 heavy (non-hydrogen) atoms. The molecule has 1 aromatic rings. The number of nitrogens with one attached hydrogen (secondary N) is 2. The highest BCUT2D eigenvalue weighted by molar-refractivity contribution is 5.79. The molecule has 0 fully saturated rings. The van der Waals surface area contributed by atoms with Gasteiger partial charge in [0.1, 0.15) is 0 Å². The number of nitrogens with zero attached hydrogens (tertiary/aromatic N) is 3. The van der Waals surface area contributed by atoms with Crippen LogP contribution in [-0.4, -0.2) is 21.8 Å². The molecule has 6 heteroatoms. The number of rotatable bonds is 3. The lowest BCUT2D eigenvalue weighted by molar-refractivity contribution is 0.687. The summed E-state index contributed by atoms with van der Waals surface area (Å²) >= 11 is 0. The molecule has 1 rings (SSSR count). The van der Waals surface area contributed by atoms with Crippen LogP contribution in [0.4, 0.5) is 0 Å². The van der Waals surface area contributed by atoms with E-state index in [-0.39, 0.29) is 0 Å². The molecule has 0 spiro atoms. The Morgan fingerprint density at radius 3 is 2.87 bits per heavy atom. The zero-order valence-electron chi connectivity index (χ0n) is 9.36. The molecule has 0 radical (unpaired) electrons. The Hall–Kier alpha value is -1.56. The molecule has 4 N–H and O–H groups in total. The first-order valence-electron chi connectivity index (χ1n) is 4.88. The van der Waals surface area contributed by atoms with Gasteiger partial charge in [0.2, 0.25) is 5.96 Å². The predicted molar refractivity (Wildman–Crippen MR) is 59.9 cm³/mol. The van der Waals surface area contributed by atoms with Crippen LogP contribution in [-0.2, 0) is 13.6 Å². The Morgan fingerprint density at radius 1 is 1.67 bits per heavy atom. The van der Waals surface area contributed by atoms with E-state index in [0.717, 1.165) is 5.69 Å². The van der Waals surface area contributed by atoms with Crippen molar-refractivity contribution >= 4 is 5.96 Å². The maximum Gasteiger partial charge on any atom is 0.206 e. The Bertz CT molecular complexity index is 327. The number of hydrazine groups is 1. The lowest BCUT2D eigenvalue weighted by Crippen LogP contribution is -2.44. The van der Waals surface area contributed by atoms with Gasteiger partial charge in [-0.05, 0) is 19.9 Å². The standard InChI is InChI=1S/C9H18N6/c1-7(2)13-9(14-10)11-6-8-4-5-12-15(8)3/h4-5,7H,6,10H2,1-3H3,(H2,11,13,14). The van der Waals surface area contributed by atoms with E-state index in [1.54, 1.807) is 10.9 Å². The summed E-state index contributed by atoms with van der Waals surface area (Å²) in [6.45, 7) is 4.60. The molecule has 0 atom stereocenters. The van der Waals surface area contributed by atoms with Gasteiger partial charge >= 0.3 is 0 Å². The fourth-order valence-electron chi connectivity index (χ4n) is 1.12. The first-order valence-corrected chi connectivity index (χ1v) is 4.88. The van der Waals surface area contributed by atoms with Gasteiger partial charge in [-0.15, -0.1) is 0 Å². The lowest BCUT2D eigenvalue weighted by atomic mass is 10.4. The summed E-state index contributed by atoms with van der Waals surface area (Å²) in [5.74, 6) is 5.92. The van der Waals surface area contributed by atoms with Gasteiger partial charge in [-0.25, -0.2) is 10.8 Å². The molecular weight excluding hydrogens is 192 g/mol. The average molecular weight is 210 g/mol. The van der Waals surface area contributed by atoms with E-state index in [4.69, 9.17) is 5.84 Å². The number of guanidine groups is 1. The quantitative estimate of drug-likeness (QED) is 0.278. The van der Waals surface area contributed by atoms with Gasteiger partial charge in [0.15, 0.2) is 0 Å². The molecule has 0 aliphatic carbocycles. The second-order valence-electron chi connectivity index (χ2n) is 3.55. The molecule has 84 valence electrons. The molecule has 0 aliphatic heterocycles. The highest BCUT2D eigenvalue weighted by Crippen LogP contribution is 1.97. The number of aromatic nitrogens is 2. The number of nitrogens with two attached hydrogens (primary N) is 1. The monoisotopic (exact) mass is 210 g/mol. The van der Waals surface area contributed by atoms with Gasteiger partial charge in [0.05, 0.1) is 12.2 Å². The molecule has 0 amide bonds. The summed E-state index contributed by atoms with van der Waals surface area (Å²) in [7, 11) is 1.89. The Kier molecular flexibility index (Phi) is 4.11. The number of hydrogen-bond donors (Lipinski definition) is 3. The third kappa shape index (κ3) is 3.59. The van der Waals surface area contributed by atoms with Crippen molar-refractivity contribution in [3.8, 4) is 0 Å². The lowest BCUT2D eigenvalue weighted by Gasteiger charge is -2.11. The molecule has 0 aliphatic rings. The second-order valence-corrected chi connectivity index (χ2v) is 3.55. The van der Waals surface area contributed by atoms with E-state index < -0.39 is 0 Å². The smallest absolute Gasteiger partial charge is 0.206 e. The van der Waals surface area contributed by atoms with Crippen LogP contribution in [0.2, 0.25) is 0 Å². The fourth-order valence-corrected chi connectivity index (χ4v) is 1.12. The predicted octanol–water partition coefficient (Wildman–Crippen LogP) is -0.263. The van der Waals surface area contributed by atoms with Crippen molar-refractivity contribution in [3.05, 3.63) is 18.0 Å². The number of aryl methyl sites for hydroxylation is 1. The zero-order valence-corrected chi connectivity index (χ0v) is 9.36. The van der Waals surface area contributed by atoms with Crippen LogP contribution in [0.1, 0.15) is 19.5 Å². The molecule has 0 unspecified atom stereocenters. The highest BCUT2D eigenvalue weighted by atomic mass is 15.3. The van der Waals surface area contributed by atoms with E-state index in [9.17, 15) is 0 Å². The highest BCUT2D eigenvalue weighted by Gasteiger charge is 2.00. The van der Waals surface area contributed by atoms with Gasteiger partial charge < -0.3 is 5.32 Å². The first kappa shape index (κ1) is 11.5. The summed E-state index contributed by atoms with van der Waals surface area (Å²) in [6.07, 6.45) is 1.75. The SMILES string of the molecule is CC(C)NC(=NCc1ccnn1C)NN. The summed E-state index contributed by atoms with van der Waals surface area (Å²) in [4.78, 5) is 4.29. The normalized spacial score (nSPS) is 11.9. The van der Waals surface area contributed by atoms with Gasteiger partial charge in [0, 0.05) is 19.3 Å². The summed E-state index contributed by atoms with van der Waals surface area (Å²) in [5.41, 5.74) is 3.56. The molecule has 0 aromatic carbocycles. The van der Waals surface area contributed by atoms with E-state index in [0.29, 0.717) is 18.5 Å². The van der Waals surface area contributed by atoms with Crippen LogP contribution in [0.25, 0.3) is 0 Å². The zero-order chi connectivity index (χ0) is 11.3.